The predicted molar refractivity (Wildman–Crippen MR) is 72.7 cm³/mol. The molecule has 0 aliphatic rings. The Hall–Kier alpha value is -0.653. The molecular formula is C11H20N2OSSi. The summed E-state index contributed by atoms with van der Waals surface area (Å²) >= 11 is 1.56. The van der Waals surface area contributed by atoms with Gasteiger partial charge in [0.1, 0.15) is 5.01 Å². The van der Waals surface area contributed by atoms with Crippen molar-refractivity contribution in [3.8, 4) is 0 Å². The molecule has 0 bridgehead atoms. The van der Waals surface area contributed by atoms with Gasteiger partial charge in [-0.3, -0.25) is 5.48 Å². The summed E-state index contributed by atoms with van der Waals surface area (Å²) in [6.45, 7) is 12.8. The first-order valence-electron chi connectivity index (χ1n) is 5.52. The molecule has 0 aliphatic carbocycles. The molecule has 0 unspecified atom stereocenters. The Bertz CT molecular complexity index is 317. The third-order valence-electron chi connectivity index (χ3n) is 2.32. The summed E-state index contributed by atoms with van der Waals surface area (Å²) in [5.74, 6) is 0. The summed E-state index contributed by atoms with van der Waals surface area (Å²) in [7, 11) is -1.24. The molecule has 0 aliphatic heterocycles. The predicted octanol–water partition coefficient (Wildman–Crippen LogP) is 3.18. The summed E-state index contributed by atoms with van der Waals surface area (Å²) in [6, 6.07) is 0. The van der Waals surface area contributed by atoms with Crippen molar-refractivity contribution in [2.45, 2.75) is 38.8 Å². The molecule has 0 atom stereocenters. The lowest BCUT2D eigenvalue weighted by Crippen LogP contribution is -2.31. The minimum absolute atomic E-state index is 0.608. The van der Waals surface area contributed by atoms with Crippen molar-refractivity contribution in [1.82, 2.24) is 10.5 Å². The van der Waals surface area contributed by atoms with Gasteiger partial charge in [-0.1, -0.05) is 34.3 Å². The number of hydrogen-bond acceptors (Lipinski definition) is 4. The van der Waals surface area contributed by atoms with Crippen molar-refractivity contribution < 1.29 is 4.53 Å². The largest absolute Gasteiger partial charge is 0.325 e. The third kappa shape index (κ3) is 3.73. The first kappa shape index (κ1) is 13.4. The van der Waals surface area contributed by atoms with Crippen LogP contribution in [0.2, 0.25) is 11.1 Å². The van der Waals surface area contributed by atoms with E-state index < -0.39 is 9.04 Å². The molecule has 5 heteroatoms. The maximum atomic E-state index is 5.81. The average molecular weight is 256 g/mol. The Morgan fingerprint density at radius 2 is 2.06 bits per heavy atom. The van der Waals surface area contributed by atoms with E-state index in [-0.39, 0.29) is 0 Å². The molecule has 0 amide bonds. The fourth-order valence-corrected chi connectivity index (χ4v) is 4.52. The highest BCUT2D eigenvalue weighted by atomic mass is 32.1. The van der Waals surface area contributed by atoms with E-state index in [9.17, 15) is 0 Å². The maximum absolute atomic E-state index is 5.81. The fourth-order valence-electron chi connectivity index (χ4n) is 1.60. The summed E-state index contributed by atoms with van der Waals surface area (Å²) < 4.78 is 5.81. The van der Waals surface area contributed by atoms with Crippen molar-refractivity contribution in [2.24, 2.45) is 0 Å². The minimum atomic E-state index is -1.24. The van der Waals surface area contributed by atoms with Gasteiger partial charge in [0.05, 0.1) is 5.70 Å². The molecule has 90 valence electrons. The van der Waals surface area contributed by atoms with Crippen molar-refractivity contribution in [2.75, 3.05) is 0 Å². The standard InChI is InChI=1S/C11H20N2OSSi/c1-8(2)16(9(3)4)14-13-10(5)11-12-6-7-15-11/h6-9,13,16H,5H2,1-4H3. The zero-order valence-corrected chi connectivity index (χ0v) is 12.3. The molecule has 1 N–H and O–H groups in total. The smallest absolute Gasteiger partial charge is 0.219 e. The van der Waals surface area contributed by atoms with E-state index >= 15 is 0 Å². The lowest BCUT2D eigenvalue weighted by atomic mass is 10.5. The first-order valence-corrected chi connectivity index (χ1v) is 8.21. The summed E-state index contributed by atoms with van der Waals surface area (Å²) in [6.07, 6.45) is 1.77. The van der Waals surface area contributed by atoms with Crippen molar-refractivity contribution in [1.29, 1.82) is 0 Å². The number of hydrogen-bond donors (Lipinski definition) is 1. The van der Waals surface area contributed by atoms with Crippen LogP contribution in [0.4, 0.5) is 0 Å². The van der Waals surface area contributed by atoms with Crippen molar-refractivity contribution in [3.63, 3.8) is 0 Å². The van der Waals surface area contributed by atoms with Crippen LogP contribution in [-0.2, 0) is 4.53 Å². The minimum Gasteiger partial charge on any atom is -0.325 e. The van der Waals surface area contributed by atoms with Gasteiger partial charge >= 0.3 is 0 Å². The zero-order chi connectivity index (χ0) is 12.1. The number of nitrogens with one attached hydrogen (secondary N) is 1. The van der Waals surface area contributed by atoms with E-state index in [4.69, 9.17) is 4.53 Å². The molecule has 1 rings (SSSR count). The Morgan fingerprint density at radius 3 is 2.50 bits per heavy atom. The van der Waals surface area contributed by atoms with Gasteiger partial charge in [-0.2, -0.15) is 0 Å². The van der Waals surface area contributed by atoms with E-state index in [1.165, 1.54) is 0 Å². The number of nitrogens with zero attached hydrogens (tertiary/aromatic N) is 1. The molecule has 1 heterocycles. The zero-order valence-electron chi connectivity index (χ0n) is 10.4. The van der Waals surface area contributed by atoms with Crippen LogP contribution in [0, 0.1) is 0 Å². The van der Waals surface area contributed by atoms with E-state index in [2.05, 4.69) is 44.7 Å². The molecule has 0 radical (unpaired) electrons. The van der Waals surface area contributed by atoms with Crippen LogP contribution in [0.1, 0.15) is 32.7 Å². The lowest BCUT2D eigenvalue weighted by Gasteiger charge is -2.23. The number of aromatic nitrogens is 1. The number of rotatable bonds is 6. The van der Waals surface area contributed by atoms with Crippen molar-refractivity contribution in [3.05, 3.63) is 23.2 Å². The summed E-state index contributed by atoms with van der Waals surface area (Å²) in [4.78, 5) is 4.18. The van der Waals surface area contributed by atoms with E-state index in [0.717, 1.165) is 10.7 Å². The second kappa shape index (κ2) is 6.17. The molecule has 16 heavy (non-hydrogen) atoms. The van der Waals surface area contributed by atoms with Crippen molar-refractivity contribution >= 4 is 26.1 Å². The highest BCUT2D eigenvalue weighted by Crippen LogP contribution is 2.21. The highest BCUT2D eigenvalue weighted by Gasteiger charge is 2.22. The Balaban J connectivity index is 2.47. The van der Waals surface area contributed by atoms with Crippen LogP contribution in [0.3, 0.4) is 0 Å². The Morgan fingerprint density at radius 1 is 1.44 bits per heavy atom. The average Bonchev–Trinajstić information content (AvgIpc) is 2.69. The molecule has 0 saturated heterocycles. The SMILES string of the molecule is C=C(NO[SiH](C(C)C)C(C)C)c1nccs1. The second-order valence-electron chi connectivity index (χ2n) is 4.49. The Kier molecular flexibility index (Phi) is 5.17. The monoisotopic (exact) mass is 256 g/mol. The van der Waals surface area contributed by atoms with Crippen LogP contribution in [-0.4, -0.2) is 14.0 Å². The molecule has 3 nitrogen and oxygen atoms in total. The van der Waals surface area contributed by atoms with E-state index in [0.29, 0.717) is 11.1 Å². The number of thiazole rings is 1. The van der Waals surface area contributed by atoms with Gasteiger partial charge in [0.2, 0.25) is 9.04 Å². The van der Waals surface area contributed by atoms with E-state index in [1.807, 2.05) is 5.38 Å². The first-order chi connectivity index (χ1) is 7.52. The van der Waals surface area contributed by atoms with Crippen LogP contribution in [0.25, 0.3) is 5.70 Å². The third-order valence-corrected chi connectivity index (χ3v) is 6.17. The van der Waals surface area contributed by atoms with Gasteiger partial charge in [-0.05, 0) is 11.1 Å². The van der Waals surface area contributed by atoms with Crippen LogP contribution in [0.15, 0.2) is 18.2 Å². The lowest BCUT2D eigenvalue weighted by molar-refractivity contribution is 0.243. The molecule has 1 aromatic rings. The van der Waals surface area contributed by atoms with Crippen LogP contribution >= 0.6 is 11.3 Å². The summed E-state index contributed by atoms with van der Waals surface area (Å²) in [5.41, 5.74) is 4.94. The second-order valence-corrected chi connectivity index (χ2v) is 9.21. The topological polar surface area (TPSA) is 34.1 Å². The maximum Gasteiger partial charge on any atom is 0.219 e. The van der Waals surface area contributed by atoms with E-state index in [1.54, 1.807) is 17.5 Å². The van der Waals surface area contributed by atoms with Crippen LogP contribution in [0.5, 0.6) is 0 Å². The summed E-state index contributed by atoms with van der Waals surface area (Å²) in [5, 5.41) is 2.82. The van der Waals surface area contributed by atoms with Crippen LogP contribution < -0.4 is 5.48 Å². The van der Waals surface area contributed by atoms with Gasteiger partial charge in [0.15, 0.2) is 0 Å². The molecule has 1 aromatic heterocycles. The van der Waals surface area contributed by atoms with Gasteiger partial charge in [-0.15, -0.1) is 11.3 Å². The van der Waals surface area contributed by atoms with Gasteiger partial charge in [0, 0.05) is 11.6 Å². The van der Waals surface area contributed by atoms with Gasteiger partial charge in [-0.25, -0.2) is 4.98 Å². The molecule has 0 spiro atoms. The quantitative estimate of drug-likeness (QED) is 0.627. The highest BCUT2D eigenvalue weighted by molar-refractivity contribution is 7.10. The molecule has 0 fully saturated rings. The normalized spacial score (nSPS) is 11.4. The van der Waals surface area contributed by atoms with Gasteiger partial charge in [0.25, 0.3) is 0 Å². The molecular weight excluding hydrogens is 236 g/mol. The molecule has 0 aromatic carbocycles. The fraction of sp³-hybridized carbons (Fsp3) is 0.545. The number of hydroxylamine groups is 1. The molecule has 0 saturated carbocycles. The van der Waals surface area contributed by atoms with Gasteiger partial charge < -0.3 is 4.53 Å². The Labute approximate surface area is 103 Å².